The third kappa shape index (κ3) is 3.45. The van der Waals surface area contributed by atoms with Crippen LogP contribution in [0.1, 0.15) is 15.9 Å². The van der Waals surface area contributed by atoms with Crippen LogP contribution >= 0.6 is 0 Å². The van der Waals surface area contributed by atoms with Crippen molar-refractivity contribution in [1.82, 2.24) is 9.21 Å². The summed E-state index contributed by atoms with van der Waals surface area (Å²) in [7, 11) is -3.94. The van der Waals surface area contributed by atoms with Crippen LogP contribution in [-0.2, 0) is 10.0 Å². The zero-order valence-electron chi connectivity index (χ0n) is 13.8. The highest BCUT2D eigenvalue weighted by molar-refractivity contribution is 7.89. The molecular formula is C18H16FN3O3S. The molecule has 0 atom stereocenters. The fourth-order valence-electron chi connectivity index (χ4n) is 2.83. The van der Waals surface area contributed by atoms with Crippen molar-refractivity contribution in [2.45, 2.75) is 4.90 Å². The molecule has 3 rings (SSSR count). The van der Waals surface area contributed by atoms with Gasteiger partial charge in [-0.15, -0.1) is 0 Å². The van der Waals surface area contributed by atoms with E-state index in [1.54, 1.807) is 18.2 Å². The van der Waals surface area contributed by atoms with Gasteiger partial charge in [0.1, 0.15) is 10.7 Å². The van der Waals surface area contributed by atoms with E-state index in [1.807, 2.05) is 6.07 Å². The van der Waals surface area contributed by atoms with Crippen molar-refractivity contribution in [3.05, 3.63) is 65.5 Å². The number of nitrogens with zero attached hydrogens (tertiary/aromatic N) is 3. The number of rotatable bonds is 3. The molecule has 6 nitrogen and oxygen atoms in total. The van der Waals surface area contributed by atoms with Gasteiger partial charge in [0.2, 0.25) is 10.0 Å². The van der Waals surface area contributed by atoms with Gasteiger partial charge in [-0.3, -0.25) is 4.79 Å². The molecule has 0 N–H and O–H groups in total. The average molecular weight is 373 g/mol. The smallest absolute Gasteiger partial charge is 0.253 e. The van der Waals surface area contributed by atoms with E-state index in [2.05, 4.69) is 0 Å². The Balaban J connectivity index is 1.72. The van der Waals surface area contributed by atoms with Crippen molar-refractivity contribution in [1.29, 1.82) is 5.26 Å². The van der Waals surface area contributed by atoms with Gasteiger partial charge < -0.3 is 4.90 Å². The fourth-order valence-corrected chi connectivity index (χ4v) is 4.32. The second-order valence-electron chi connectivity index (χ2n) is 5.82. The Kier molecular flexibility index (Phi) is 5.02. The molecule has 0 saturated carbocycles. The minimum Gasteiger partial charge on any atom is -0.336 e. The van der Waals surface area contributed by atoms with Crippen LogP contribution in [0.15, 0.2) is 53.4 Å². The molecule has 2 aromatic rings. The number of carbonyl (C=O) groups is 1. The zero-order valence-corrected chi connectivity index (χ0v) is 14.6. The lowest BCUT2D eigenvalue weighted by atomic mass is 10.1. The molecule has 134 valence electrons. The lowest BCUT2D eigenvalue weighted by Gasteiger charge is -2.34. The van der Waals surface area contributed by atoms with E-state index in [9.17, 15) is 17.6 Å². The normalized spacial score (nSPS) is 15.5. The zero-order chi connectivity index (χ0) is 18.7. The summed E-state index contributed by atoms with van der Waals surface area (Å²) in [6, 6.07) is 13.6. The first-order valence-electron chi connectivity index (χ1n) is 7.97. The Labute approximate surface area is 151 Å². The highest BCUT2D eigenvalue weighted by Crippen LogP contribution is 2.21. The van der Waals surface area contributed by atoms with Crippen LogP contribution in [-0.4, -0.2) is 49.7 Å². The molecule has 0 radical (unpaired) electrons. The molecule has 1 aliphatic heterocycles. The predicted molar refractivity (Wildman–Crippen MR) is 92.2 cm³/mol. The molecule has 0 aromatic heterocycles. The molecule has 1 aliphatic rings. The fraction of sp³-hybridized carbons (Fsp3) is 0.222. The second kappa shape index (κ2) is 7.23. The SMILES string of the molecule is N#Cc1cccc(C(=O)N2CCN(S(=O)(=O)c3ccccc3F)CC2)c1. The van der Waals surface area contributed by atoms with Crippen LogP contribution in [0.5, 0.6) is 0 Å². The molecular weight excluding hydrogens is 357 g/mol. The predicted octanol–water partition coefficient (Wildman–Crippen LogP) is 1.84. The number of nitriles is 1. The first-order chi connectivity index (χ1) is 12.4. The lowest BCUT2D eigenvalue weighted by molar-refractivity contribution is 0.0697. The maximum Gasteiger partial charge on any atom is 0.253 e. The topological polar surface area (TPSA) is 81.5 Å². The first-order valence-corrected chi connectivity index (χ1v) is 9.41. The highest BCUT2D eigenvalue weighted by atomic mass is 32.2. The summed E-state index contributed by atoms with van der Waals surface area (Å²) >= 11 is 0. The molecule has 26 heavy (non-hydrogen) atoms. The lowest BCUT2D eigenvalue weighted by Crippen LogP contribution is -2.50. The minimum atomic E-state index is -3.94. The number of hydrogen-bond acceptors (Lipinski definition) is 4. The Bertz CT molecular complexity index is 977. The van der Waals surface area contributed by atoms with Crippen LogP contribution in [0.3, 0.4) is 0 Å². The number of amides is 1. The van der Waals surface area contributed by atoms with Gasteiger partial charge in [0, 0.05) is 31.7 Å². The van der Waals surface area contributed by atoms with Crippen LogP contribution < -0.4 is 0 Å². The van der Waals surface area contributed by atoms with E-state index in [1.165, 1.54) is 33.5 Å². The highest BCUT2D eigenvalue weighted by Gasteiger charge is 2.32. The maximum absolute atomic E-state index is 13.8. The van der Waals surface area contributed by atoms with Crippen molar-refractivity contribution in [2.24, 2.45) is 0 Å². The largest absolute Gasteiger partial charge is 0.336 e. The standard InChI is InChI=1S/C18H16FN3O3S/c19-16-6-1-2-7-17(16)26(24,25)22-10-8-21(9-11-22)18(23)15-5-3-4-14(12-15)13-20/h1-7,12H,8-11H2. The summed E-state index contributed by atoms with van der Waals surface area (Å²) in [4.78, 5) is 13.7. The van der Waals surface area contributed by atoms with E-state index in [-0.39, 0.29) is 37.0 Å². The van der Waals surface area contributed by atoms with Crippen molar-refractivity contribution in [3.63, 3.8) is 0 Å². The summed E-state index contributed by atoms with van der Waals surface area (Å²) in [6.45, 7) is 0.563. The summed E-state index contributed by atoms with van der Waals surface area (Å²) in [5, 5.41) is 8.93. The van der Waals surface area contributed by atoms with Gasteiger partial charge in [0.25, 0.3) is 5.91 Å². The van der Waals surface area contributed by atoms with Gasteiger partial charge in [-0.05, 0) is 30.3 Å². The molecule has 1 heterocycles. The Morgan fingerprint density at radius 2 is 1.73 bits per heavy atom. The number of benzene rings is 2. The maximum atomic E-state index is 13.8. The van der Waals surface area contributed by atoms with Crippen LogP contribution in [0, 0.1) is 17.1 Å². The molecule has 1 saturated heterocycles. The van der Waals surface area contributed by atoms with Crippen molar-refractivity contribution >= 4 is 15.9 Å². The van der Waals surface area contributed by atoms with Crippen molar-refractivity contribution in [2.75, 3.05) is 26.2 Å². The number of sulfonamides is 1. The quantitative estimate of drug-likeness (QED) is 0.822. The summed E-state index contributed by atoms with van der Waals surface area (Å²) in [6.07, 6.45) is 0. The molecule has 2 aromatic carbocycles. The van der Waals surface area contributed by atoms with E-state index < -0.39 is 15.8 Å². The van der Waals surface area contributed by atoms with Gasteiger partial charge in [-0.1, -0.05) is 18.2 Å². The van der Waals surface area contributed by atoms with Crippen LogP contribution in [0.4, 0.5) is 4.39 Å². The first kappa shape index (κ1) is 18.0. The molecule has 0 bridgehead atoms. The number of hydrogen-bond donors (Lipinski definition) is 0. The average Bonchev–Trinajstić information content (AvgIpc) is 2.67. The molecule has 0 aliphatic carbocycles. The Hall–Kier alpha value is -2.76. The van der Waals surface area contributed by atoms with Crippen molar-refractivity contribution < 1.29 is 17.6 Å². The molecule has 1 amide bonds. The summed E-state index contributed by atoms with van der Waals surface area (Å²) in [5.74, 6) is -1.05. The third-order valence-corrected chi connectivity index (χ3v) is 6.15. The van der Waals surface area contributed by atoms with E-state index in [0.29, 0.717) is 11.1 Å². The van der Waals surface area contributed by atoms with Crippen LogP contribution in [0.25, 0.3) is 0 Å². The van der Waals surface area contributed by atoms with Gasteiger partial charge in [-0.25, -0.2) is 12.8 Å². The third-order valence-electron chi connectivity index (χ3n) is 4.22. The Morgan fingerprint density at radius 3 is 2.38 bits per heavy atom. The van der Waals surface area contributed by atoms with Crippen molar-refractivity contribution in [3.8, 4) is 6.07 Å². The van der Waals surface area contributed by atoms with Gasteiger partial charge >= 0.3 is 0 Å². The molecule has 0 spiro atoms. The van der Waals surface area contributed by atoms with E-state index >= 15 is 0 Å². The second-order valence-corrected chi connectivity index (χ2v) is 7.73. The number of carbonyl (C=O) groups excluding carboxylic acids is 1. The van der Waals surface area contributed by atoms with Gasteiger partial charge in [0.05, 0.1) is 11.6 Å². The molecule has 1 fully saturated rings. The van der Waals surface area contributed by atoms with E-state index in [4.69, 9.17) is 5.26 Å². The number of piperazine rings is 1. The van der Waals surface area contributed by atoms with E-state index in [0.717, 1.165) is 6.07 Å². The monoisotopic (exact) mass is 373 g/mol. The minimum absolute atomic E-state index is 0.0837. The Morgan fingerprint density at radius 1 is 1.04 bits per heavy atom. The summed E-state index contributed by atoms with van der Waals surface area (Å²) in [5.41, 5.74) is 0.770. The van der Waals surface area contributed by atoms with Gasteiger partial charge in [-0.2, -0.15) is 9.57 Å². The van der Waals surface area contributed by atoms with Gasteiger partial charge in [0.15, 0.2) is 0 Å². The van der Waals surface area contributed by atoms with Crippen LogP contribution in [0.2, 0.25) is 0 Å². The number of halogens is 1. The molecule has 0 unspecified atom stereocenters. The molecule has 8 heteroatoms. The summed E-state index contributed by atoms with van der Waals surface area (Å²) < 4.78 is 40.2.